The van der Waals surface area contributed by atoms with E-state index in [0.29, 0.717) is 16.5 Å². The Labute approximate surface area is 213 Å². The second-order valence-corrected chi connectivity index (χ2v) is 8.24. The number of aromatic nitrogens is 2. The van der Waals surface area contributed by atoms with Crippen LogP contribution in [0.2, 0.25) is 5.02 Å². The second kappa shape index (κ2) is 11.9. The smallest absolute Gasteiger partial charge is 0.412 e. The number of ether oxygens (including phenoxy) is 2. The van der Waals surface area contributed by atoms with Crippen LogP contribution in [0.3, 0.4) is 0 Å². The van der Waals surface area contributed by atoms with Gasteiger partial charge in [0, 0.05) is 10.6 Å². The molecule has 1 amide bonds. The SMILES string of the molecule is COc1ccc(-c2cc(NC(=O)OCc3ccccc3)c(=O)n(CC=Cc3ccc(Cl)cc3)n2)cc1. The highest BCUT2D eigenvalue weighted by molar-refractivity contribution is 6.30. The summed E-state index contributed by atoms with van der Waals surface area (Å²) in [5.41, 5.74) is 2.65. The van der Waals surface area contributed by atoms with Crippen LogP contribution in [-0.2, 0) is 17.9 Å². The van der Waals surface area contributed by atoms with Crippen molar-refractivity contribution < 1.29 is 14.3 Å². The molecule has 0 unspecified atom stereocenters. The van der Waals surface area contributed by atoms with Crippen molar-refractivity contribution in [1.82, 2.24) is 9.78 Å². The van der Waals surface area contributed by atoms with Gasteiger partial charge >= 0.3 is 6.09 Å². The van der Waals surface area contributed by atoms with Gasteiger partial charge in [-0.1, -0.05) is 66.2 Å². The van der Waals surface area contributed by atoms with Gasteiger partial charge in [-0.25, -0.2) is 9.48 Å². The van der Waals surface area contributed by atoms with Crippen LogP contribution in [0.4, 0.5) is 10.5 Å². The van der Waals surface area contributed by atoms with Crippen molar-refractivity contribution in [2.75, 3.05) is 12.4 Å². The Kier molecular flexibility index (Phi) is 8.16. The van der Waals surface area contributed by atoms with Gasteiger partial charge in [-0.2, -0.15) is 5.10 Å². The van der Waals surface area contributed by atoms with Crippen molar-refractivity contribution in [1.29, 1.82) is 0 Å². The van der Waals surface area contributed by atoms with Crippen LogP contribution in [0.1, 0.15) is 11.1 Å². The molecule has 4 rings (SSSR count). The monoisotopic (exact) mass is 501 g/mol. The molecular formula is C28H24ClN3O4. The molecule has 0 aliphatic heterocycles. The Morgan fingerprint density at radius 3 is 2.44 bits per heavy atom. The summed E-state index contributed by atoms with van der Waals surface area (Å²) in [4.78, 5) is 25.6. The van der Waals surface area contributed by atoms with E-state index < -0.39 is 11.7 Å². The standard InChI is InChI=1S/C28H24ClN3O4/c1-35-24-15-11-22(12-16-24)25-18-26(30-28(34)36-19-21-6-3-2-4-7-21)27(33)32(31-25)17-5-8-20-9-13-23(29)14-10-20/h2-16,18H,17,19H2,1H3,(H,30,34). The zero-order chi connectivity index (χ0) is 25.3. The molecule has 0 aliphatic carbocycles. The predicted molar refractivity (Wildman–Crippen MR) is 141 cm³/mol. The molecule has 8 heteroatoms. The average molecular weight is 502 g/mol. The number of amides is 1. The van der Waals surface area contributed by atoms with Crippen LogP contribution < -0.4 is 15.6 Å². The van der Waals surface area contributed by atoms with E-state index in [0.717, 1.165) is 16.7 Å². The lowest BCUT2D eigenvalue weighted by atomic mass is 10.1. The van der Waals surface area contributed by atoms with E-state index in [1.54, 1.807) is 31.4 Å². The van der Waals surface area contributed by atoms with Crippen molar-refractivity contribution >= 4 is 29.5 Å². The predicted octanol–water partition coefficient (Wildman–Crippen LogP) is 6.03. The Morgan fingerprint density at radius 2 is 1.75 bits per heavy atom. The van der Waals surface area contributed by atoms with Crippen LogP contribution in [0.15, 0.2) is 95.8 Å². The fraction of sp³-hybridized carbons (Fsp3) is 0.107. The highest BCUT2D eigenvalue weighted by Gasteiger charge is 2.13. The van der Waals surface area contributed by atoms with E-state index >= 15 is 0 Å². The number of nitrogens with zero attached hydrogens (tertiary/aromatic N) is 2. The van der Waals surface area contributed by atoms with Crippen LogP contribution in [0.25, 0.3) is 17.3 Å². The summed E-state index contributed by atoms with van der Waals surface area (Å²) in [6.07, 6.45) is 2.95. The molecular weight excluding hydrogens is 478 g/mol. The maximum absolute atomic E-state index is 13.1. The first-order chi connectivity index (χ1) is 17.5. The summed E-state index contributed by atoms with van der Waals surface area (Å²) in [6, 6.07) is 25.4. The Bertz CT molecular complexity index is 1400. The van der Waals surface area contributed by atoms with E-state index in [4.69, 9.17) is 21.1 Å². The third-order valence-corrected chi connectivity index (χ3v) is 5.52. The maximum Gasteiger partial charge on any atom is 0.412 e. The quantitative estimate of drug-likeness (QED) is 0.318. The third-order valence-electron chi connectivity index (χ3n) is 5.27. The van der Waals surface area contributed by atoms with Gasteiger partial charge < -0.3 is 9.47 Å². The van der Waals surface area contributed by atoms with Crippen LogP contribution in [0.5, 0.6) is 5.75 Å². The number of hydrogen-bond donors (Lipinski definition) is 1. The third kappa shape index (κ3) is 6.61. The van der Waals surface area contributed by atoms with Gasteiger partial charge in [-0.05, 0) is 53.6 Å². The zero-order valence-electron chi connectivity index (χ0n) is 19.6. The molecule has 1 N–H and O–H groups in total. The van der Waals surface area contributed by atoms with Crippen LogP contribution >= 0.6 is 11.6 Å². The number of allylic oxidation sites excluding steroid dienone is 1. The molecule has 182 valence electrons. The number of nitrogens with one attached hydrogen (secondary N) is 1. The minimum Gasteiger partial charge on any atom is -0.497 e. The lowest BCUT2D eigenvalue weighted by Crippen LogP contribution is -2.28. The van der Waals surface area contributed by atoms with Gasteiger partial charge in [-0.15, -0.1) is 0 Å². The van der Waals surface area contributed by atoms with E-state index in [1.165, 1.54) is 10.7 Å². The molecule has 4 aromatic rings. The molecule has 1 heterocycles. The topological polar surface area (TPSA) is 82.5 Å². The molecule has 0 saturated carbocycles. The van der Waals surface area contributed by atoms with E-state index in [1.807, 2.05) is 66.7 Å². The van der Waals surface area contributed by atoms with Gasteiger partial charge in [0.2, 0.25) is 0 Å². The lowest BCUT2D eigenvalue weighted by Gasteiger charge is -2.11. The molecule has 0 atom stereocenters. The number of halogens is 1. The molecule has 0 bridgehead atoms. The maximum atomic E-state index is 13.1. The largest absolute Gasteiger partial charge is 0.497 e. The molecule has 36 heavy (non-hydrogen) atoms. The molecule has 0 spiro atoms. The summed E-state index contributed by atoms with van der Waals surface area (Å²) in [6.45, 7) is 0.278. The van der Waals surface area contributed by atoms with Gasteiger partial charge in [0.25, 0.3) is 5.56 Å². The normalized spacial score (nSPS) is 10.8. The lowest BCUT2D eigenvalue weighted by molar-refractivity contribution is 0.155. The number of benzene rings is 3. The van der Waals surface area contributed by atoms with E-state index in [9.17, 15) is 9.59 Å². The number of carbonyl (C=O) groups excluding carboxylic acids is 1. The van der Waals surface area contributed by atoms with Crippen molar-refractivity contribution in [2.45, 2.75) is 13.2 Å². The first kappa shape index (κ1) is 24.8. The minimum atomic E-state index is -0.730. The van der Waals surface area contributed by atoms with Crippen LogP contribution in [0, 0.1) is 0 Å². The summed E-state index contributed by atoms with van der Waals surface area (Å²) in [5, 5.41) is 7.72. The first-order valence-corrected chi connectivity index (χ1v) is 11.6. The molecule has 0 aliphatic rings. The second-order valence-electron chi connectivity index (χ2n) is 7.80. The fourth-order valence-electron chi connectivity index (χ4n) is 3.39. The fourth-order valence-corrected chi connectivity index (χ4v) is 3.52. The Morgan fingerprint density at radius 1 is 1.03 bits per heavy atom. The Balaban J connectivity index is 1.58. The highest BCUT2D eigenvalue weighted by Crippen LogP contribution is 2.22. The van der Waals surface area contributed by atoms with E-state index in [-0.39, 0.29) is 18.8 Å². The van der Waals surface area contributed by atoms with Crippen molar-refractivity contribution in [3.8, 4) is 17.0 Å². The molecule has 0 radical (unpaired) electrons. The summed E-state index contributed by atoms with van der Waals surface area (Å²) in [5.74, 6) is 0.695. The molecule has 1 aromatic heterocycles. The average Bonchev–Trinajstić information content (AvgIpc) is 2.91. The van der Waals surface area contributed by atoms with E-state index in [2.05, 4.69) is 10.4 Å². The zero-order valence-corrected chi connectivity index (χ0v) is 20.3. The number of anilines is 1. The summed E-state index contributed by atoms with van der Waals surface area (Å²) >= 11 is 5.94. The van der Waals surface area contributed by atoms with Crippen molar-refractivity contribution in [3.63, 3.8) is 0 Å². The number of rotatable bonds is 8. The van der Waals surface area contributed by atoms with Gasteiger partial charge in [-0.3, -0.25) is 10.1 Å². The summed E-state index contributed by atoms with van der Waals surface area (Å²) in [7, 11) is 1.59. The molecule has 7 nitrogen and oxygen atoms in total. The highest BCUT2D eigenvalue weighted by atomic mass is 35.5. The number of hydrogen-bond acceptors (Lipinski definition) is 5. The first-order valence-electron chi connectivity index (χ1n) is 11.2. The minimum absolute atomic E-state index is 0.0637. The Hall–Kier alpha value is -4.36. The molecule has 3 aromatic carbocycles. The van der Waals surface area contributed by atoms with Gasteiger partial charge in [0.1, 0.15) is 18.0 Å². The molecule has 0 saturated heterocycles. The van der Waals surface area contributed by atoms with Crippen molar-refractivity contribution in [3.05, 3.63) is 118 Å². The summed E-state index contributed by atoms with van der Waals surface area (Å²) < 4.78 is 11.8. The van der Waals surface area contributed by atoms with Gasteiger partial charge in [0.15, 0.2) is 0 Å². The molecule has 0 fully saturated rings. The van der Waals surface area contributed by atoms with Crippen LogP contribution in [-0.4, -0.2) is 23.0 Å². The number of carbonyl (C=O) groups is 1. The van der Waals surface area contributed by atoms with Crippen molar-refractivity contribution in [2.24, 2.45) is 0 Å². The van der Waals surface area contributed by atoms with Gasteiger partial charge in [0.05, 0.1) is 19.3 Å². The number of methoxy groups -OCH3 is 1.